The Kier molecular flexibility index (Phi) is 5.62. The van der Waals surface area contributed by atoms with Gasteiger partial charge in [-0.1, -0.05) is 20.8 Å². The molecule has 0 unspecified atom stereocenters. The van der Waals surface area contributed by atoms with Gasteiger partial charge in [-0.05, 0) is 37.6 Å². The van der Waals surface area contributed by atoms with Crippen LogP contribution in [0, 0.1) is 5.41 Å². The fourth-order valence-corrected chi connectivity index (χ4v) is 3.19. The molecule has 0 radical (unpaired) electrons. The van der Waals surface area contributed by atoms with E-state index in [9.17, 15) is 8.42 Å². The minimum atomic E-state index is -2.99. The topological polar surface area (TPSA) is 49.4 Å². The zero-order valence-corrected chi connectivity index (χ0v) is 13.0. The third-order valence-corrected chi connectivity index (χ3v) is 4.76. The molecule has 0 amide bonds. The van der Waals surface area contributed by atoms with Crippen LogP contribution in [0.4, 0.5) is 0 Å². The standard InChI is InChI=1S/C13H28N2O2S/c1-13(2,3)8-5-9-14-12-6-10-15(11-7-12)18(4,16)17/h12,14H,5-11H2,1-4H3. The van der Waals surface area contributed by atoms with Crippen LogP contribution in [0.3, 0.4) is 0 Å². The number of hydrogen-bond donors (Lipinski definition) is 1. The summed E-state index contributed by atoms with van der Waals surface area (Å²) in [4.78, 5) is 0. The van der Waals surface area contributed by atoms with Gasteiger partial charge in [0.1, 0.15) is 0 Å². The monoisotopic (exact) mass is 276 g/mol. The van der Waals surface area contributed by atoms with E-state index in [1.807, 2.05) is 0 Å². The lowest BCUT2D eigenvalue weighted by Gasteiger charge is -2.31. The molecule has 1 aliphatic heterocycles. The maximum absolute atomic E-state index is 11.4. The van der Waals surface area contributed by atoms with Crippen LogP contribution in [0.2, 0.25) is 0 Å². The van der Waals surface area contributed by atoms with Crippen molar-refractivity contribution in [2.24, 2.45) is 5.41 Å². The molecular formula is C13H28N2O2S. The minimum absolute atomic E-state index is 0.404. The minimum Gasteiger partial charge on any atom is -0.314 e. The van der Waals surface area contributed by atoms with E-state index in [-0.39, 0.29) is 0 Å². The summed E-state index contributed by atoms with van der Waals surface area (Å²) in [6, 6.07) is 0.489. The molecule has 108 valence electrons. The molecule has 5 heteroatoms. The maximum Gasteiger partial charge on any atom is 0.211 e. The second-order valence-electron chi connectivity index (χ2n) is 6.55. The molecule has 0 aliphatic carbocycles. The first-order valence-electron chi connectivity index (χ1n) is 6.87. The van der Waals surface area contributed by atoms with Crippen molar-refractivity contribution in [3.8, 4) is 0 Å². The SMILES string of the molecule is CC(C)(C)CCCNC1CCN(S(C)(=O)=O)CC1. The molecular weight excluding hydrogens is 248 g/mol. The van der Waals surface area contributed by atoms with Gasteiger partial charge < -0.3 is 5.32 Å². The van der Waals surface area contributed by atoms with E-state index in [1.165, 1.54) is 19.1 Å². The Labute approximate surface area is 112 Å². The Morgan fingerprint density at radius 1 is 1.22 bits per heavy atom. The molecule has 1 fully saturated rings. The second-order valence-corrected chi connectivity index (χ2v) is 8.54. The third-order valence-electron chi connectivity index (χ3n) is 3.46. The van der Waals surface area contributed by atoms with Crippen LogP contribution >= 0.6 is 0 Å². The van der Waals surface area contributed by atoms with Crippen LogP contribution in [0.1, 0.15) is 46.5 Å². The van der Waals surface area contributed by atoms with Gasteiger partial charge in [0.25, 0.3) is 0 Å². The number of sulfonamides is 1. The average Bonchev–Trinajstić information content (AvgIpc) is 2.22. The highest BCUT2D eigenvalue weighted by Gasteiger charge is 2.24. The largest absolute Gasteiger partial charge is 0.314 e. The highest BCUT2D eigenvalue weighted by atomic mass is 32.2. The van der Waals surface area contributed by atoms with Gasteiger partial charge in [0, 0.05) is 19.1 Å². The van der Waals surface area contributed by atoms with Crippen molar-refractivity contribution >= 4 is 10.0 Å². The van der Waals surface area contributed by atoms with Crippen LogP contribution in [0.5, 0.6) is 0 Å². The van der Waals surface area contributed by atoms with Gasteiger partial charge >= 0.3 is 0 Å². The predicted molar refractivity (Wildman–Crippen MR) is 76.1 cm³/mol. The molecule has 0 atom stereocenters. The lowest BCUT2D eigenvalue weighted by Crippen LogP contribution is -2.44. The number of piperidine rings is 1. The molecule has 1 rings (SSSR count). The average molecular weight is 276 g/mol. The summed E-state index contributed by atoms with van der Waals surface area (Å²) in [6.07, 6.45) is 5.58. The predicted octanol–water partition coefficient (Wildman–Crippen LogP) is 1.83. The zero-order chi connectivity index (χ0) is 13.8. The highest BCUT2D eigenvalue weighted by molar-refractivity contribution is 7.88. The molecule has 0 aromatic heterocycles. The number of nitrogens with zero attached hydrogens (tertiary/aromatic N) is 1. The van der Waals surface area contributed by atoms with Crippen LogP contribution in [-0.4, -0.2) is 44.7 Å². The summed E-state index contributed by atoms with van der Waals surface area (Å²) < 4.78 is 24.3. The lowest BCUT2D eigenvalue weighted by atomic mass is 9.90. The van der Waals surface area contributed by atoms with E-state index < -0.39 is 10.0 Å². The van der Waals surface area contributed by atoms with Crippen LogP contribution < -0.4 is 5.32 Å². The summed E-state index contributed by atoms with van der Waals surface area (Å²) >= 11 is 0. The second kappa shape index (κ2) is 6.35. The highest BCUT2D eigenvalue weighted by Crippen LogP contribution is 2.20. The van der Waals surface area contributed by atoms with Crippen LogP contribution in [0.15, 0.2) is 0 Å². The molecule has 0 bridgehead atoms. The van der Waals surface area contributed by atoms with Crippen molar-refractivity contribution in [2.45, 2.75) is 52.5 Å². The van der Waals surface area contributed by atoms with Gasteiger partial charge in [-0.25, -0.2) is 12.7 Å². The summed E-state index contributed by atoms with van der Waals surface area (Å²) in [6.45, 7) is 9.15. The fraction of sp³-hybridized carbons (Fsp3) is 1.00. The first kappa shape index (κ1) is 15.9. The Hall–Kier alpha value is -0.130. The van der Waals surface area contributed by atoms with E-state index in [0.29, 0.717) is 24.5 Å². The summed E-state index contributed by atoms with van der Waals surface area (Å²) in [5.41, 5.74) is 0.404. The first-order chi connectivity index (χ1) is 8.18. The van der Waals surface area contributed by atoms with Crippen molar-refractivity contribution in [1.82, 2.24) is 9.62 Å². The Balaban J connectivity index is 2.17. The summed E-state index contributed by atoms with van der Waals surface area (Å²) in [7, 11) is -2.99. The van der Waals surface area contributed by atoms with E-state index in [0.717, 1.165) is 19.4 Å². The molecule has 18 heavy (non-hydrogen) atoms. The van der Waals surface area contributed by atoms with Gasteiger partial charge in [-0.15, -0.1) is 0 Å². The van der Waals surface area contributed by atoms with Crippen LogP contribution in [0.25, 0.3) is 0 Å². The Bertz CT molecular complexity index is 338. The molecule has 0 saturated carbocycles. The molecule has 0 aromatic carbocycles. The normalized spacial score (nSPS) is 20.2. The van der Waals surface area contributed by atoms with Crippen LogP contribution in [-0.2, 0) is 10.0 Å². The van der Waals surface area contributed by atoms with E-state index in [1.54, 1.807) is 4.31 Å². The number of rotatable bonds is 5. The van der Waals surface area contributed by atoms with Crippen molar-refractivity contribution in [1.29, 1.82) is 0 Å². The Morgan fingerprint density at radius 2 is 1.78 bits per heavy atom. The first-order valence-corrected chi connectivity index (χ1v) is 8.72. The maximum atomic E-state index is 11.4. The number of nitrogens with one attached hydrogen (secondary N) is 1. The summed E-state index contributed by atoms with van der Waals surface area (Å²) in [5.74, 6) is 0. The van der Waals surface area contributed by atoms with Gasteiger partial charge in [-0.3, -0.25) is 0 Å². The van der Waals surface area contributed by atoms with Gasteiger partial charge in [-0.2, -0.15) is 0 Å². The summed E-state index contributed by atoms with van der Waals surface area (Å²) in [5, 5.41) is 3.54. The molecule has 1 saturated heterocycles. The smallest absolute Gasteiger partial charge is 0.211 e. The van der Waals surface area contributed by atoms with Gasteiger partial charge in [0.2, 0.25) is 10.0 Å². The van der Waals surface area contributed by atoms with Gasteiger partial charge in [0.15, 0.2) is 0 Å². The fourth-order valence-electron chi connectivity index (χ4n) is 2.32. The quantitative estimate of drug-likeness (QED) is 0.779. The Morgan fingerprint density at radius 3 is 2.22 bits per heavy atom. The molecule has 1 heterocycles. The van der Waals surface area contributed by atoms with Crippen molar-refractivity contribution < 1.29 is 8.42 Å². The van der Waals surface area contributed by atoms with Crippen molar-refractivity contribution in [2.75, 3.05) is 25.9 Å². The lowest BCUT2D eigenvalue weighted by molar-refractivity contribution is 0.284. The molecule has 0 spiro atoms. The number of hydrogen-bond acceptors (Lipinski definition) is 3. The van der Waals surface area contributed by atoms with E-state index in [2.05, 4.69) is 26.1 Å². The zero-order valence-electron chi connectivity index (χ0n) is 12.2. The molecule has 4 nitrogen and oxygen atoms in total. The molecule has 1 N–H and O–H groups in total. The third kappa shape index (κ3) is 6.16. The molecule has 1 aliphatic rings. The van der Waals surface area contributed by atoms with E-state index in [4.69, 9.17) is 0 Å². The van der Waals surface area contributed by atoms with Crippen molar-refractivity contribution in [3.05, 3.63) is 0 Å². The molecule has 0 aromatic rings. The van der Waals surface area contributed by atoms with Crippen molar-refractivity contribution in [3.63, 3.8) is 0 Å². The van der Waals surface area contributed by atoms with E-state index >= 15 is 0 Å². The van der Waals surface area contributed by atoms with Gasteiger partial charge in [0.05, 0.1) is 6.26 Å².